The number of hydrogen-bond donors (Lipinski definition) is 1. The first-order valence-corrected chi connectivity index (χ1v) is 7.03. The van der Waals surface area contributed by atoms with E-state index < -0.39 is 0 Å². The Hall–Kier alpha value is -1.94. The first-order valence-electron chi connectivity index (χ1n) is 6.21. The Bertz CT molecular complexity index is 633. The van der Waals surface area contributed by atoms with Gasteiger partial charge in [0.05, 0.1) is 15.8 Å². The Morgan fingerprint density at radius 1 is 1.26 bits per heavy atom. The van der Waals surface area contributed by atoms with E-state index in [2.05, 4.69) is 17.4 Å². The summed E-state index contributed by atoms with van der Waals surface area (Å²) >= 11 is 1.23. The third kappa shape index (κ3) is 2.31. The predicted molar refractivity (Wildman–Crippen MR) is 74.7 cm³/mol. The zero-order valence-corrected chi connectivity index (χ0v) is 11.1. The zero-order valence-electron chi connectivity index (χ0n) is 10.3. The van der Waals surface area contributed by atoms with Crippen molar-refractivity contribution in [1.82, 2.24) is 5.32 Å². The van der Waals surface area contributed by atoms with E-state index in [1.54, 1.807) is 12.1 Å². The van der Waals surface area contributed by atoms with Crippen molar-refractivity contribution in [2.75, 3.05) is 0 Å². The van der Waals surface area contributed by atoms with Gasteiger partial charge in [-0.15, -0.1) is 11.3 Å². The molecule has 3 rings (SSSR count). The molecule has 19 heavy (non-hydrogen) atoms. The number of benzene rings is 1. The Kier molecular flexibility index (Phi) is 3.17. The maximum atomic E-state index is 12.1. The first-order chi connectivity index (χ1) is 9.28. The molecule has 0 radical (unpaired) electrons. The van der Waals surface area contributed by atoms with Gasteiger partial charge in [0.2, 0.25) is 0 Å². The van der Waals surface area contributed by atoms with E-state index in [0.29, 0.717) is 9.75 Å². The van der Waals surface area contributed by atoms with Crippen LogP contribution in [0.1, 0.15) is 42.9 Å². The fourth-order valence-electron chi connectivity index (χ4n) is 2.47. The average Bonchev–Trinajstić information content (AvgIpc) is 3.06. The summed E-state index contributed by atoms with van der Waals surface area (Å²) < 4.78 is 0. The molecule has 1 heterocycles. The van der Waals surface area contributed by atoms with E-state index in [1.165, 1.54) is 22.5 Å². The van der Waals surface area contributed by atoms with Crippen LogP contribution in [0.5, 0.6) is 0 Å². The van der Waals surface area contributed by atoms with Crippen LogP contribution >= 0.6 is 11.3 Å². The molecule has 2 aromatic rings. The Morgan fingerprint density at radius 2 is 2.11 bits per heavy atom. The van der Waals surface area contributed by atoms with E-state index in [4.69, 9.17) is 0 Å². The van der Waals surface area contributed by atoms with Gasteiger partial charge in [-0.1, -0.05) is 24.3 Å². The smallest absolute Gasteiger partial charge is 0.261 e. The highest BCUT2D eigenvalue weighted by atomic mass is 32.1. The molecule has 0 bridgehead atoms. The van der Waals surface area contributed by atoms with Gasteiger partial charge in [-0.3, -0.25) is 9.59 Å². The molecule has 1 aromatic carbocycles. The lowest BCUT2D eigenvalue weighted by atomic mass is 10.1. The van der Waals surface area contributed by atoms with Gasteiger partial charge in [0, 0.05) is 0 Å². The predicted octanol–water partition coefficient (Wildman–Crippen LogP) is 2.98. The van der Waals surface area contributed by atoms with Crippen molar-refractivity contribution in [1.29, 1.82) is 0 Å². The summed E-state index contributed by atoms with van der Waals surface area (Å²) in [6, 6.07) is 11.7. The standard InChI is InChI=1S/C15H13NO2S/c17-9-11-6-8-14(19-11)15(18)16-13-7-5-10-3-1-2-4-12(10)13/h1-4,6,8-9,13H,5,7H2,(H,16,18). The molecule has 1 N–H and O–H groups in total. The number of fused-ring (bicyclic) bond motifs is 1. The van der Waals surface area contributed by atoms with E-state index >= 15 is 0 Å². The lowest BCUT2D eigenvalue weighted by Gasteiger charge is -2.13. The number of carbonyl (C=O) groups is 2. The molecule has 0 fully saturated rings. The largest absolute Gasteiger partial charge is 0.345 e. The highest BCUT2D eigenvalue weighted by Crippen LogP contribution is 2.31. The monoisotopic (exact) mass is 271 g/mol. The number of nitrogens with one attached hydrogen (secondary N) is 1. The molecule has 0 saturated heterocycles. The van der Waals surface area contributed by atoms with E-state index in [-0.39, 0.29) is 11.9 Å². The minimum absolute atomic E-state index is 0.0884. The summed E-state index contributed by atoms with van der Waals surface area (Å²) in [5.41, 5.74) is 2.52. The molecule has 1 atom stereocenters. The Morgan fingerprint density at radius 3 is 2.89 bits per heavy atom. The molecule has 0 aliphatic heterocycles. The van der Waals surface area contributed by atoms with E-state index in [9.17, 15) is 9.59 Å². The van der Waals surface area contributed by atoms with E-state index in [1.807, 2.05) is 12.1 Å². The third-order valence-corrected chi connectivity index (χ3v) is 4.41. The van der Waals surface area contributed by atoms with Crippen molar-refractivity contribution >= 4 is 23.5 Å². The van der Waals surface area contributed by atoms with Crippen LogP contribution < -0.4 is 5.32 Å². The quantitative estimate of drug-likeness (QED) is 0.872. The lowest BCUT2D eigenvalue weighted by molar-refractivity contribution is 0.0940. The molecule has 96 valence electrons. The molecular weight excluding hydrogens is 258 g/mol. The molecule has 1 amide bonds. The SMILES string of the molecule is O=Cc1ccc(C(=O)NC2CCc3ccccc32)s1. The summed E-state index contributed by atoms with van der Waals surface area (Å²) in [4.78, 5) is 23.9. The summed E-state index contributed by atoms with van der Waals surface area (Å²) in [6.07, 6.45) is 2.72. The van der Waals surface area contributed by atoms with Crippen LogP contribution in [0.2, 0.25) is 0 Å². The van der Waals surface area contributed by atoms with Crippen molar-refractivity contribution in [2.24, 2.45) is 0 Å². The van der Waals surface area contributed by atoms with Gasteiger partial charge in [0.25, 0.3) is 5.91 Å². The van der Waals surface area contributed by atoms with Gasteiger partial charge in [-0.25, -0.2) is 0 Å². The van der Waals surface area contributed by atoms with Gasteiger partial charge in [-0.2, -0.15) is 0 Å². The van der Waals surface area contributed by atoms with Gasteiger partial charge in [0.1, 0.15) is 0 Å². The summed E-state index contributed by atoms with van der Waals surface area (Å²) in [7, 11) is 0. The molecule has 4 heteroatoms. The zero-order chi connectivity index (χ0) is 13.2. The summed E-state index contributed by atoms with van der Waals surface area (Å²) in [5.74, 6) is -0.0974. The molecule has 3 nitrogen and oxygen atoms in total. The van der Waals surface area contributed by atoms with Crippen LogP contribution in [0.3, 0.4) is 0 Å². The maximum absolute atomic E-state index is 12.1. The van der Waals surface area contributed by atoms with Crippen molar-refractivity contribution in [3.05, 3.63) is 57.3 Å². The van der Waals surface area contributed by atoms with Crippen LogP contribution in [0, 0.1) is 0 Å². The highest BCUT2D eigenvalue weighted by Gasteiger charge is 2.24. The molecule has 1 aromatic heterocycles. The van der Waals surface area contributed by atoms with Crippen molar-refractivity contribution in [2.45, 2.75) is 18.9 Å². The molecule has 1 unspecified atom stereocenters. The fraction of sp³-hybridized carbons (Fsp3) is 0.200. The van der Waals surface area contributed by atoms with Crippen molar-refractivity contribution in [3.8, 4) is 0 Å². The van der Waals surface area contributed by atoms with Gasteiger partial charge in [0.15, 0.2) is 6.29 Å². The number of hydrogen-bond acceptors (Lipinski definition) is 3. The van der Waals surface area contributed by atoms with Crippen LogP contribution in [0.15, 0.2) is 36.4 Å². The Balaban J connectivity index is 1.76. The maximum Gasteiger partial charge on any atom is 0.261 e. The van der Waals surface area contributed by atoms with Crippen LogP contribution in [0.4, 0.5) is 0 Å². The number of thiophene rings is 1. The molecule has 1 aliphatic carbocycles. The first kappa shape index (κ1) is 12.1. The molecule has 1 aliphatic rings. The minimum atomic E-state index is -0.0974. The topological polar surface area (TPSA) is 46.2 Å². The van der Waals surface area contributed by atoms with Gasteiger partial charge >= 0.3 is 0 Å². The van der Waals surface area contributed by atoms with Crippen LogP contribution in [-0.4, -0.2) is 12.2 Å². The van der Waals surface area contributed by atoms with E-state index in [0.717, 1.165) is 19.1 Å². The second kappa shape index (κ2) is 4.97. The Labute approximate surface area is 115 Å². The summed E-state index contributed by atoms with van der Waals surface area (Å²) in [6.45, 7) is 0. The molecular formula is C15H13NO2S. The van der Waals surface area contributed by atoms with Gasteiger partial charge < -0.3 is 5.32 Å². The normalized spacial score (nSPS) is 16.9. The second-order valence-electron chi connectivity index (χ2n) is 4.58. The van der Waals surface area contributed by atoms with Crippen LogP contribution in [-0.2, 0) is 6.42 Å². The van der Waals surface area contributed by atoms with Crippen molar-refractivity contribution < 1.29 is 9.59 Å². The van der Waals surface area contributed by atoms with Crippen molar-refractivity contribution in [3.63, 3.8) is 0 Å². The molecule has 0 saturated carbocycles. The third-order valence-electron chi connectivity index (χ3n) is 3.40. The second-order valence-corrected chi connectivity index (χ2v) is 5.70. The minimum Gasteiger partial charge on any atom is -0.345 e. The number of aryl methyl sites for hydroxylation is 1. The fourth-order valence-corrected chi connectivity index (χ4v) is 3.20. The summed E-state index contributed by atoms with van der Waals surface area (Å²) in [5, 5.41) is 3.04. The molecule has 0 spiro atoms. The van der Waals surface area contributed by atoms with Crippen LogP contribution in [0.25, 0.3) is 0 Å². The lowest BCUT2D eigenvalue weighted by Crippen LogP contribution is -2.26. The highest BCUT2D eigenvalue weighted by molar-refractivity contribution is 7.15. The van der Waals surface area contributed by atoms with Gasteiger partial charge in [-0.05, 0) is 36.1 Å². The number of carbonyl (C=O) groups excluding carboxylic acids is 2. The number of aldehydes is 1. The average molecular weight is 271 g/mol. The number of amides is 1. The number of rotatable bonds is 3.